The number of halogens is 3. The number of ether oxygens (including phenoxy) is 2. The Bertz CT molecular complexity index is 1330. The molecule has 0 radical (unpaired) electrons. The minimum absolute atomic E-state index is 0.0496. The van der Waals surface area contributed by atoms with E-state index in [0.29, 0.717) is 29.0 Å². The van der Waals surface area contributed by atoms with Crippen molar-refractivity contribution in [3.05, 3.63) is 107 Å². The molecule has 0 amide bonds. The number of aryl methyl sites for hydroxylation is 1. The van der Waals surface area contributed by atoms with Crippen LogP contribution in [0, 0.1) is 24.4 Å². The molecule has 0 aliphatic rings. The third kappa shape index (κ3) is 6.97. The monoisotopic (exact) mass is 518 g/mol. The van der Waals surface area contributed by atoms with Crippen LogP contribution in [-0.4, -0.2) is 6.61 Å². The largest absolute Gasteiger partial charge is 0.493 e. The van der Waals surface area contributed by atoms with Crippen molar-refractivity contribution in [2.45, 2.75) is 52.6 Å². The topological polar surface area (TPSA) is 18.5 Å². The van der Waals surface area contributed by atoms with Gasteiger partial charge >= 0.3 is 0 Å². The van der Waals surface area contributed by atoms with Crippen LogP contribution < -0.4 is 9.47 Å². The number of hydrogen-bond donors (Lipinski definition) is 0. The van der Waals surface area contributed by atoms with Crippen molar-refractivity contribution in [2.75, 3.05) is 6.61 Å². The van der Waals surface area contributed by atoms with Gasteiger partial charge in [0.05, 0.1) is 6.61 Å². The van der Waals surface area contributed by atoms with Crippen molar-refractivity contribution >= 4 is 0 Å². The summed E-state index contributed by atoms with van der Waals surface area (Å²) in [5.74, 6) is -1.96. The van der Waals surface area contributed by atoms with E-state index in [1.807, 2.05) is 19.1 Å². The number of benzene rings is 4. The first-order valence-electron chi connectivity index (χ1n) is 13.2. The molecule has 4 aromatic carbocycles. The van der Waals surface area contributed by atoms with Gasteiger partial charge in [0.15, 0.2) is 11.6 Å². The van der Waals surface area contributed by atoms with Crippen LogP contribution in [0.25, 0.3) is 22.3 Å². The highest BCUT2D eigenvalue weighted by molar-refractivity contribution is 5.66. The minimum atomic E-state index is -1.02. The predicted octanol–water partition coefficient (Wildman–Crippen LogP) is 9.67. The smallest absolute Gasteiger partial charge is 0.201 e. The molecule has 5 heteroatoms. The Balaban J connectivity index is 1.35. The molecule has 38 heavy (non-hydrogen) atoms. The summed E-state index contributed by atoms with van der Waals surface area (Å²) in [6.07, 6.45) is 5.69. The highest BCUT2D eigenvalue weighted by atomic mass is 19.2. The van der Waals surface area contributed by atoms with Gasteiger partial charge in [-0.3, -0.25) is 0 Å². The lowest BCUT2D eigenvalue weighted by Gasteiger charge is -2.12. The summed E-state index contributed by atoms with van der Waals surface area (Å²) in [7, 11) is 0. The molecule has 0 saturated carbocycles. The lowest BCUT2D eigenvalue weighted by Crippen LogP contribution is -2.00. The van der Waals surface area contributed by atoms with Crippen molar-refractivity contribution < 1.29 is 22.6 Å². The third-order valence-electron chi connectivity index (χ3n) is 6.53. The highest BCUT2D eigenvalue weighted by Gasteiger charge is 2.16. The summed E-state index contributed by atoms with van der Waals surface area (Å²) >= 11 is 0. The van der Waals surface area contributed by atoms with Gasteiger partial charge in [0, 0.05) is 17.2 Å². The highest BCUT2D eigenvalue weighted by Crippen LogP contribution is 2.31. The first kappa shape index (κ1) is 27.3. The zero-order chi connectivity index (χ0) is 26.9. The first-order chi connectivity index (χ1) is 18.5. The summed E-state index contributed by atoms with van der Waals surface area (Å²) in [6, 6.07) is 22.2. The van der Waals surface area contributed by atoms with Crippen LogP contribution in [0.5, 0.6) is 11.5 Å². The Hall–Kier alpha value is -3.73. The van der Waals surface area contributed by atoms with Gasteiger partial charge in [0.2, 0.25) is 5.82 Å². The van der Waals surface area contributed by atoms with Crippen molar-refractivity contribution in [3.63, 3.8) is 0 Å². The molecule has 0 aliphatic heterocycles. The van der Waals surface area contributed by atoms with Crippen LogP contribution in [-0.2, 0) is 6.61 Å². The Morgan fingerprint density at radius 1 is 0.632 bits per heavy atom. The molecule has 0 aromatic heterocycles. The number of rotatable bonds is 12. The van der Waals surface area contributed by atoms with Crippen molar-refractivity contribution in [2.24, 2.45) is 0 Å². The maximum Gasteiger partial charge on any atom is 0.201 e. The second-order valence-corrected chi connectivity index (χ2v) is 9.50. The molecule has 4 aromatic rings. The zero-order valence-electron chi connectivity index (χ0n) is 21.9. The molecule has 198 valence electrons. The Morgan fingerprint density at radius 3 is 2.00 bits per heavy atom. The average Bonchev–Trinajstić information content (AvgIpc) is 2.93. The quantitative estimate of drug-likeness (QED) is 0.174. The van der Waals surface area contributed by atoms with Gasteiger partial charge in [-0.2, -0.15) is 4.39 Å². The summed E-state index contributed by atoms with van der Waals surface area (Å²) in [5.41, 5.74) is 3.75. The predicted molar refractivity (Wildman–Crippen MR) is 147 cm³/mol. The van der Waals surface area contributed by atoms with Gasteiger partial charge in [-0.15, -0.1) is 0 Å². The van der Waals surface area contributed by atoms with E-state index in [4.69, 9.17) is 9.47 Å². The number of unbranched alkanes of at least 4 members (excludes halogenated alkanes) is 4. The fourth-order valence-corrected chi connectivity index (χ4v) is 4.26. The summed E-state index contributed by atoms with van der Waals surface area (Å²) in [4.78, 5) is 0. The fourth-order valence-electron chi connectivity index (χ4n) is 4.26. The van der Waals surface area contributed by atoms with Gasteiger partial charge in [0.25, 0.3) is 0 Å². The molecule has 0 unspecified atom stereocenters. The SMILES string of the molecule is CCCCCCCOc1ccc(-c2ccc(COc3ccc(-c4ccc(C)cc4)c(F)c3F)cc2)c(F)c1. The van der Waals surface area contributed by atoms with Crippen molar-refractivity contribution in [3.8, 4) is 33.8 Å². The molecule has 4 rings (SSSR count). The third-order valence-corrected chi connectivity index (χ3v) is 6.53. The maximum atomic E-state index is 14.8. The number of hydrogen-bond acceptors (Lipinski definition) is 2. The van der Waals surface area contributed by atoms with Crippen LogP contribution in [0.1, 0.15) is 50.2 Å². The lowest BCUT2D eigenvalue weighted by molar-refractivity contribution is 0.285. The van der Waals surface area contributed by atoms with Gasteiger partial charge in [0.1, 0.15) is 18.2 Å². The van der Waals surface area contributed by atoms with E-state index < -0.39 is 11.6 Å². The fraction of sp³-hybridized carbons (Fsp3) is 0.273. The molecule has 0 atom stereocenters. The molecule has 0 N–H and O–H groups in total. The van der Waals surface area contributed by atoms with Crippen LogP contribution in [0.3, 0.4) is 0 Å². The molecule has 0 spiro atoms. The zero-order valence-corrected chi connectivity index (χ0v) is 21.9. The first-order valence-corrected chi connectivity index (χ1v) is 13.2. The second-order valence-electron chi connectivity index (χ2n) is 9.50. The Labute approximate surface area is 223 Å². The summed E-state index contributed by atoms with van der Waals surface area (Å²) in [6.45, 7) is 4.74. The summed E-state index contributed by atoms with van der Waals surface area (Å²) < 4.78 is 55.4. The van der Waals surface area contributed by atoms with Crippen LogP contribution in [0.4, 0.5) is 13.2 Å². The lowest BCUT2D eigenvalue weighted by atomic mass is 10.0. The molecule has 0 aliphatic carbocycles. The van der Waals surface area contributed by atoms with E-state index in [2.05, 4.69) is 6.92 Å². The molecule has 0 fully saturated rings. The normalized spacial score (nSPS) is 11.0. The van der Waals surface area contributed by atoms with Crippen LogP contribution >= 0.6 is 0 Å². The second kappa shape index (κ2) is 13.2. The van der Waals surface area contributed by atoms with Gasteiger partial charge in [-0.1, -0.05) is 86.7 Å². The molecule has 2 nitrogen and oxygen atoms in total. The van der Waals surface area contributed by atoms with E-state index in [9.17, 15) is 13.2 Å². The van der Waals surface area contributed by atoms with Crippen LogP contribution in [0.15, 0.2) is 78.9 Å². The Morgan fingerprint density at radius 2 is 1.29 bits per heavy atom. The average molecular weight is 519 g/mol. The van der Waals surface area contributed by atoms with E-state index in [1.165, 1.54) is 37.5 Å². The van der Waals surface area contributed by atoms with E-state index in [0.717, 1.165) is 24.0 Å². The van der Waals surface area contributed by atoms with Gasteiger partial charge < -0.3 is 9.47 Å². The molecule has 0 bridgehead atoms. The Kier molecular flexibility index (Phi) is 9.47. The van der Waals surface area contributed by atoms with Gasteiger partial charge in [-0.05, 0) is 54.3 Å². The molecular weight excluding hydrogens is 485 g/mol. The van der Waals surface area contributed by atoms with E-state index >= 15 is 0 Å². The summed E-state index contributed by atoms with van der Waals surface area (Å²) in [5, 5.41) is 0. The molecule has 0 saturated heterocycles. The minimum Gasteiger partial charge on any atom is -0.493 e. The van der Waals surface area contributed by atoms with Crippen molar-refractivity contribution in [1.29, 1.82) is 0 Å². The van der Waals surface area contributed by atoms with E-state index in [-0.39, 0.29) is 23.7 Å². The standard InChI is InChI=1S/C33H33F3O2/c1-3-4-5-6-7-20-37-27-16-17-28(30(34)21-27)25-14-10-24(11-15-25)22-38-31-19-18-29(32(35)33(31)36)26-12-8-23(2)9-13-26/h8-19,21H,3-7,20,22H2,1-2H3. The van der Waals surface area contributed by atoms with Crippen molar-refractivity contribution in [1.82, 2.24) is 0 Å². The maximum absolute atomic E-state index is 14.8. The molecule has 0 heterocycles. The molecular formula is C33H33F3O2. The van der Waals surface area contributed by atoms with Gasteiger partial charge in [-0.25, -0.2) is 8.78 Å². The van der Waals surface area contributed by atoms with Crippen LogP contribution in [0.2, 0.25) is 0 Å². The van der Waals surface area contributed by atoms with E-state index in [1.54, 1.807) is 48.5 Å².